The van der Waals surface area contributed by atoms with Crippen molar-refractivity contribution in [2.45, 2.75) is 39.7 Å². The van der Waals surface area contributed by atoms with E-state index in [0.29, 0.717) is 6.42 Å². The van der Waals surface area contributed by atoms with Crippen LogP contribution in [0.25, 0.3) is 0 Å². The summed E-state index contributed by atoms with van der Waals surface area (Å²) in [4.78, 5) is 19.3. The maximum absolute atomic E-state index is 12.2. The van der Waals surface area contributed by atoms with E-state index in [9.17, 15) is 4.79 Å². The van der Waals surface area contributed by atoms with Crippen molar-refractivity contribution in [3.05, 3.63) is 45.9 Å². The van der Waals surface area contributed by atoms with Crippen LogP contribution in [0.3, 0.4) is 0 Å². The van der Waals surface area contributed by atoms with Crippen molar-refractivity contribution in [1.82, 2.24) is 9.88 Å². The van der Waals surface area contributed by atoms with Crippen molar-refractivity contribution < 1.29 is 4.79 Å². The molecule has 1 aromatic heterocycles. The van der Waals surface area contributed by atoms with Gasteiger partial charge in [0, 0.05) is 24.2 Å². The van der Waals surface area contributed by atoms with Crippen LogP contribution in [0.4, 0.5) is 5.69 Å². The Hall–Kier alpha value is -1.72. The van der Waals surface area contributed by atoms with Gasteiger partial charge in [-0.25, -0.2) is 4.98 Å². The molecular weight excluding hydrogens is 318 g/mol. The minimum absolute atomic E-state index is 0.00801. The van der Waals surface area contributed by atoms with Crippen LogP contribution in [0, 0.1) is 12.8 Å². The minimum atomic E-state index is -0.00801. The van der Waals surface area contributed by atoms with E-state index < -0.39 is 0 Å². The Bertz CT molecular complexity index is 680. The molecule has 2 heterocycles. The normalized spacial score (nSPS) is 18.5. The second kappa shape index (κ2) is 7.90. The number of amides is 1. The molecule has 1 fully saturated rings. The number of nitrogens with zero attached hydrogens (tertiary/aromatic N) is 2. The number of rotatable bonds is 5. The highest BCUT2D eigenvalue weighted by molar-refractivity contribution is 7.09. The molecular formula is C19H25N3OS. The van der Waals surface area contributed by atoms with Gasteiger partial charge >= 0.3 is 0 Å². The van der Waals surface area contributed by atoms with Crippen LogP contribution in [-0.4, -0.2) is 28.9 Å². The third kappa shape index (κ3) is 4.89. The SMILES string of the molecule is Cc1ccc(NC(=O)Cc2nc(CN3CCC[C@H](C)C3)cs2)cc1. The molecule has 24 heavy (non-hydrogen) atoms. The first-order chi connectivity index (χ1) is 11.6. The van der Waals surface area contributed by atoms with Crippen LogP contribution >= 0.6 is 11.3 Å². The zero-order valence-corrected chi connectivity index (χ0v) is 15.2. The lowest BCUT2D eigenvalue weighted by Crippen LogP contribution is -2.33. The number of carbonyl (C=O) groups excluding carboxylic acids is 1. The van der Waals surface area contributed by atoms with E-state index in [1.807, 2.05) is 31.2 Å². The third-order valence-corrected chi connectivity index (χ3v) is 5.27. The molecule has 5 heteroatoms. The molecule has 2 aromatic rings. The van der Waals surface area contributed by atoms with Gasteiger partial charge in [-0.2, -0.15) is 0 Å². The van der Waals surface area contributed by atoms with Crippen molar-refractivity contribution in [3.63, 3.8) is 0 Å². The van der Waals surface area contributed by atoms with Gasteiger partial charge in [0.1, 0.15) is 5.01 Å². The van der Waals surface area contributed by atoms with Gasteiger partial charge in [0.25, 0.3) is 0 Å². The first-order valence-corrected chi connectivity index (χ1v) is 9.48. The fraction of sp³-hybridized carbons (Fsp3) is 0.474. The second-order valence-corrected chi connectivity index (χ2v) is 7.75. The highest BCUT2D eigenvalue weighted by Gasteiger charge is 2.17. The van der Waals surface area contributed by atoms with Crippen LogP contribution in [-0.2, 0) is 17.8 Å². The lowest BCUT2D eigenvalue weighted by atomic mass is 10.0. The number of hydrogen-bond donors (Lipinski definition) is 1. The summed E-state index contributed by atoms with van der Waals surface area (Å²) < 4.78 is 0. The summed E-state index contributed by atoms with van der Waals surface area (Å²) in [7, 11) is 0. The predicted octanol–water partition coefficient (Wildman–Crippen LogP) is 3.86. The summed E-state index contributed by atoms with van der Waals surface area (Å²) in [6, 6.07) is 7.85. The highest BCUT2D eigenvalue weighted by atomic mass is 32.1. The molecule has 4 nitrogen and oxygen atoms in total. The van der Waals surface area contributed by atoms with E-state index in [2.05, 4.69) is 27.5 Å². The largest absolute Gasteiger partial charge is 0.326 e. The average Bonchev–Trinajstić information content (AvgIpc) is 2.96. The van der Waals surface area contributed by atoms with Gasteiger partial charge < -0.3 is 5.32 Å². The fourth-order valence-electron chi connectivity index (χ4n) is 3.14. The van der Waals surface area contributed by atoms with Gasteiger partial charge in [-0.3, -0.25) is 9.69 Å². The van der Waals surface area contributed by atoms with Crippen molar-refractivity contribution >= 4 is 22.9 Å². The van der Waals surface area contributed by atoms with E-state index in [1.165, 1.54) is 18.4 Å². The summed E-state index contributed by atoms with van der Waals surface area (Å²) >= 11 is 1.58. The van der Waals surface area contributed by atoms with Gasteiger partial charge in [0.2, 0.25) is 5.91 Å². The Kier molecular flexibility index (Phi) is 5.63. The number of thiazole rings is 1. The van der Waals surface area contributed by atoms with E-state index in [1.54, 1.807) is 11.3 Å². The summed E-state index contributed by atoms with van der Waals surface area (Å²) in [6.45, 7) is 7.56. The van der Waals surface area contributed by atoms with Crippen LogP contribution in [0.5, 0.6) is 0 Å². The summed E-state index contributed by atoms with van der Waals surface area (Å²) in [5.74, 6) is 0.767. The fourth-order valence-corrected chi connectivity index (χ4v) is 3.93. The van der Waals surface area contributed by atoms with Gasteiger partial charge in [-0.15, -0.1) is 11.3 Å². The van der Waals surface area contributed by atoms with Gasteiger partial charge in [0.15, 0.2) is 0 Å². The van der Waals surface area contributed by atoms with E-state index >= 15 is 0 Å². The Morgan fingerprint density at radius 3 is 2.92 bits per heavy atom. The Morgan fingerprint density at radius 2 is 2.17 bits per heavy atom. The van der Waals surface area contributed by atoms with E-state index in [0.717, 1.165) is 41.9 Å². The monoisotopic (exact) mass is 343 g/mol. The zero-order valence-electron chi connectivity index (χ0n) is 14.4. The Morgan fingerprint density at radius 1 is 1.38 bits per heavy atom. The predicted molar refractivity (Wildman–Crippen MR) is 99.3 cm³/mol. The van der Waals surface area contributed by atoms with Crippen LogP contribution in [0.1, 0.15) is 36.0 Å². The smallest absolute Gasteiger partial charge is 0.231 e. The summed E-state index contributed by atoms with van der Waals surface area (Å²) in [5, 5.41) is 5.91. The van der Waals surface area contributed by atoms with Crippen LogP contribution in [0.2, 0.25) is 0 Å². The second-order valence-electron chi connectivity index (χ2n) is 6.81. The number of aryl methyl sites for hydroxylation is 1. The molecule has 1 saturated heterocycles. The molecule has 3 rings (SSSR count). The van der Waals surface area contributed by atoms with Crippen molar-refractivity contribution in [3.8, 4) is 0 Å². The quantitative estimate of drug-likeness (QED) is 0.896. The van der Waals surface area contributed by atoms with Crippen LogP contribution in [0.15, 0.2) is 29.6 Å². The molecule has 0 unspecified atom stereocenters. The first-order valence-electron chi connectivity index (χ1n) is 8.60. The van der Waals surface area contributed by atoms with Crippen LogP contribution < -0.4 is 5.32 Å². The molecule has 1 aliphatic rings. The van der Waals surface area contributed by atoms with E-state index in [-0.39, 0.29) is 5.91 Å². The van der Waals surface area contributed by atoms with Crippen molar-refractivity contribution in [1.29, 1.82) is 0 Å². The average molecular weight is 343 g/mol. The van der Waals surface area contributed by atoms with Gasteiger partial charge in [0.05, 0.1) is 12.1 Å². The Labute approximate surface area is 147 Å². The molecule has 1 N–H and O–H groups in total. The standard InChI is InChI=1S/C19H25N3OS/c1-14-5-7-16(8-6-14)20-18(23)10-19-21-17(13-24-19)12-22-9-3-4-15(2)11-22/h5-8,13,15H,3-4,9-12H2,1-2H3,(H,20,23)/t15-/m0/s1. The molecule has 1 aromatic carbocycles. The van der Waals surface area contributed by atoms with Gasteiger partial charge in [-0.1, -0.05) is 24.6 Å². The molecule has 0 bridgehead atoms. The number of aromatic nitrogens is 1. The number of anilines is 1. The number of hydrogen-bond acceptors (Lipinski definition) is 4. The van der Waals surface area contributed by atoms with Crippen molar-refractivity contribution in [2.24, 2.45) is 5.92 Å². The molecule has 0 aliphatic carbocycles. The first kappa shape index (κ1) is 17.1. The molecule has 0 spiro atoms. The Balaban J connectivity index is 1.51. The molecule has 128 valence electrons. The number of benzene rings is 1. The minimum Gasteiger partial charge on any atom is -0.326 e. The molecule has 1 aliphatic heterocycles. The number of nitrogens with one attached hydrogen (secondary N) is 1. The number of piperidine rings is 1. The summed E-state index contributed by atoms with van der Waals surface area (Å²) in [6.07, 6.45) is 2.95. The third-order valence-electron chi connectivity index (χ3n) is 4.37. The maximum atomic E-state index is 12.2. The zero-order chi connectivity index (χ0) is 16.9. The van der Waals surface area contributed by atoms with Crippen molar-refractivity contribution in [2.75, 3.05) is 18.4 Å². The molecule has 1 amide bonds. The highest BCUT2D eigenvalue weighted by Crippen LogP contribution is 2.19. The topological polar surface area (TPSA) is 45.2 Å². The van der Waals surface area contributed by atoms with E-state index in [4.69, 9.17) is 0 Å². The number of carbonyl (C=O) groups is 1. The van der Waals surface area contributed by atoms with Gasteiger partial charge in [-0.05, 0) is 44.4 Å². The number of likely N-dealkylation sites (tertiary alicyclic amines) is 1. The molecule has 1 atom stereocenters. The summed E-state index contributed by atoms with van der Waals surface area (Å²) in [5.41, 5.74) is 3.11. The molecule has 0 saturated carbocycles. The maximum Gasteiger partial charge on any atom is 0.231 e. The molecule has 0 radical (unpaired) electrons. The lowest BCUT2D eigenvalue weighted by Gasteiger charge is -2.30. The lowest BCUT2D eigenvalue weighted by molar-refractivity contribution is -0.115.